The first-order valence-corrected chi connectivity index (χ1v) is 12.2. The Balaban J connectivity index is 1.40. The highest BCUT2D eigenvalue weighted by Gasteiger charge is 2.60. The van der Waals surface area contributed by atoms with E-state index in [2.05, 4.69) is 31.0 Å². The molecular formula is C26H37NO3. The van der Waals surface area contributed by atoms with E-state index in [-0.39, 0.29) is 22.9 Å². The van der Waals surface area contributed by atoms with Crippen molar-refractivity contribution in [3.05, 3.63) is 23.4 Å². The van der Waals surface area contributed by atoms with Crippen molar-refractivity contribution in [2.24, 2.45) is 28.6 Å². The Morgan fingerprint density at radius 2 is 1.83 bits per heavy atom. The minimum atomic E-state index is -0.163. The smallest absolute Gasteiger partial charge is 0.302 e. The molecule has 0 amide bonds. The number of allylic oxidation sites excluding steroid dienone is 2. The van der Waals surface area contributed by atoms with Crippen molar-refractivity contribution in [1.29, 1.82) is 0 Å². The summed E-state index contributed by atoms with van der Waals surface area (Å²) in [4.78, 5) is 27.3. The lowest BCUT2D eigenvalue weighted by atomic mass is 9.48. The van der Waals surface area contributed by atoms with Crippen molar-refractivity contribution in [2.75, 3.05) is 13.1 Å². The Morgan fingerprint density at radius 3 is 2.57 bits per heavy atom. The number of ether oxygens (including phenoxy) is 1. The fourth-order valence-corrected chi connectivity index (χ4v) is 7.84. The topological polar surface area (TPSA) is 46.6 Å². The third kappa shape index (κ3) is 3.08. The molecule has 3 saturated carbocycles. The maximum atomic E-state index is 13.5. The predicted octanol–water partition coefficient (Wildman–Crippen LogP) is 5.04. The number of esters is 1. The van der Waals surface area contributed by atoms with Crippen LogP contribution in [0.5, 0.6) is 0 Å². The van der Waals surface area contributed by atoms with Crippen LogP contribution < -0.4 is 0 Å². The Morgan fingerprint density at radius 1 is 1.10 bits per heavy atom. The van der Waals surface area contributed by atoms with Crippen molar-refractivity contribution in [3.8, 4) is 0 Å². The van der Waals surface area contributed by atoms with Gasteiger partial charge in [0.15, 0.2) is 5.78 Å². The van der Waals surface area contributed by atoms with Gasteiger partial charge >= 0.3 is 5.97 Å². The lowest BCUT2D eigenvalue weighted by molar-refractivity contribution is -0.148. The first-order valence-electron chi connectivity index (χ1n) is 12.2. The summed E-state index contributed by atoms with van der Waals surface area (Å²) >= 11 is 0. The summed E-state index contributed by atoms with van der Waals surface area (Å²) in [5, 5.41) is 0. The molecule has 0 aromatic heterocycles. The molecule has 6 atom stereocenters. The Kier molecular flexibility index (Phi) is 4.91. The van der Waals surface area contributed by atoms with E-state index in [0.29, 0.717) is 23.5 Å². The number of rotatable bonds is 2. The second kappa shape index (κ2) is 7.24. The normalized spacial score (nSPS) is 44.4. The van der Waals surface area contributed by atoms with Gasteiger partial charge in [0.05, 0.1) is 0 Å². The highest BCUT2D eigenvalue weighted by molar-refractivity contribution is 6.02. The standard InChI is InChI=1S/C26H37NO3/c1-17(28)30-20-8-10-25(2)19(15-20)6-7-21-22(25)9-11-26(3)23(21)14-18(24(26)29)16-27-12-4-5-13-27/h6,16,20-23H,4-5,7-15H2,1-3H3/t20-,21+,22-,23-,25-,26-/m0/s1. The van der Waals surface area contributed by atoms with Crippen LogP contribution in [0.1, 0.15) is 78.6 Å². The minimum Gasteiger partial charge on any atom is -0.462 e. The number of likely N-dealkylation sites (tertiary alicyclic amines) is 1. The number of carbonyl (C=O) groups is 2. The molecule has 1 saturated heterocycles. The molecule has 4 fully saturated rings. The predicted molar refractivity (Wildman–Crippen MR) is 117 cm³/mol. The molecular weight excluding hydrogens is 374 g/mol. The maximum Gasteiger partial charge on any atom is 0.302 e. The van der Waals surface area contributed by atoms with Gasteiger partial charge in [0.2, 0.25) is 0 Å². The first kappa shape index (κ1) is 20.3. The van der Waals surface area contributed by atoms with Gasteiger partial charge in [-0.3, -0.25) is 9.59 Å². The van der Waals surface area contributed by atoms with Gasteiger partial charge in [-0.05, 0) is 74.5 Å². The molecule has 5 aliphatic rings. The number of carbonyl (C=O) groups excluding carboxylic acids is 2. The Labute approximate surface area is 181 Å². The van der Waals surface area contributed by atoms with Crippen LogP contribution in [0.2, 0.25) is 0 Å². The lowest BCUT2D eigenvalue weighted by Gasteiger charge is -2.56. The SMILES string of the molecule is CC(=O)O[C@H]1CC[C@@]2(C)C(=CC[C@@H]3[C@@H]2CC[C@]2(C)C(=O)C(=CN4CCCC4)C[C@@H]32)C1. The summed E-state index contributed by atoms with van der Waals surface area (Å²) < 4.78 is 5.56. The number of Topliss-reactive ketones (excluding diaryl/α,β-unsaturated/α-hetero) is 1. The van der Waals surface area contributed by atoms with Crippen LogP contribution >= 0.6 is 0 Å². The molecule has 4 heteroatoms. The van der Waals surface area contributed by atoms with Crippen LogP contribution in [-0.2, 0) is 14.3 Å². The van der Waals surface area contributed by atoms with E-state index in [9.17, 15) is 9.59 Å². The van der Waals surface area contributed by atoms with Crippen LogP contribution in [0.4, 0.5) is 0 Å². The van der Waals surface area contributed by atoms with Gasteiger partial charge in [0.25, 0.3) is 0 Å². The summed E-state index contributed by atoms with van der Waals surface area (Å²) in [5.74, 6) is 2.03. The van der Waals surface area contributed by atoms with Crippen LogP contribution in [0.25, 0.3) is 0 Å². The summed E-state index contributed by atoms with van der Waals surface area (Å²) in [6.45, 7) is 8.46. The average Bonchev–Trinajstić information content (AvgIpc) is 3.29. The summed E-state index contributed by atoms with van der Waals surface area (Å²) in [6.07, 6.45) is 14.5. The third-order valence-electron chi connectivity index (χ3n) is 9.51. The van der Waals surface area contributed by atoms with Crippen molar-refractivity contribution < 1.29 is 14.3 Å². The van der Waals surface area contributed by atoms with Crippen molar-refractivity contribution >= 4 is 11.8 Å². The molecule has 4 nitrogen and oxygen atoms in total. The summed E-state index contributed by atoms with van der Waals surface area (Å²) in [7, 11) is 0. The third-order valence-corrected chi connectivity index (χ3v) is 9.51. The van der Waals surface area contributed by atoms with E-state index in [4.69, 9.17) is 4.74 Å². The zero-order valence-electron chi connectivity index (χ0n) is 18.9. The summed E-state index contributed by atoms with van der Waals surface area (Å²) in [6, 6.07) is 0. The maximum absolute atomic E-state index is 13.5. The molecule has 30 heavy (non-hydrogen) atoms. The molecule has 5 rings (SSSR count). The van der Waals surface area contributed by atoms with Gasteiger partial charge in [-0.25, -0.2) is 0 Å². The van der Waals surface area contributed by atoms with Crippen molar-refractivity contribution in [1.82, 2.24) is 4.90 Å². The van der Waals surface area contributed by atoms with Gasteiger partial charge in [-0.15, -0.1) is 0 Å². The molecule has 4 aliphatic carbocycles. The van der Waals surface area contributed by atoms with E-state index in [1.54, 1.807) is 0 Å². The molecule has 0 spiro atoms. The van der Waals surface area contributed by atoms with Crippen LogP contribution in [0.3, 0.4) is 0 Å². The lowest BCUT2D eigenvalue weighted by Crippen LogP contribution is -2.50. The van der Waals surface area contributed by atoms with Gasteiger partial charge in [0.1, 0.15) is 6.10 Å². The fourth-order valence-electron chi connectivity index (χ4n) is 7.84. The molecule has 164 valence electrons. The number of hydrogen-bond donors (Lipinski definition) is 0. The molecule has 0 aromatic rings. The van der Waals surface area contributed by atoms with Crippen LogP contribution in [0.15, 0.2) is 23.4 Å². The monoisotopic (exact) mass is 411 g/mol. The van der Waals surface area contributed by atoms with Crippen LogP contribution in [0, 0.1) is 28.6 Å². The van der Waals surface area contributed by atoms with E-state index in [1.165, 1.54) is 25.3 Å². The highest BCUT2D eigenvalue weighted by atomic mass is 16.5. The highest BCUT2D eigenvalue weighted by Crippen LogP contribution is 2.64. The van der Waals surface area contributed by atoms with Crippen LogP contribution in [-0.4, -0.2) is 35.8 Å². The molecule has 0 radical (unpaired) electrons. The first-order chi connectivity index (χ1) is 14.3. The van der Waals surface area contributed by atoms with Gasteiger partial charge < -0.3 is 9.64 Å². The van der Waals surface area contributed by atoms with E-state index >= 15 is 0 Å². The molecule has 0 bridgehead atoms. The number of ketones is 1. The molecule has 1 heterocycles. The second-order valence-electron chi connectivity index (χ2n) is 11.1. The minimum absolute atomic E-state index is 0.0512. The van der Waals surface area contributed by atoms with Gasteiger partial charge in [-0.2, -0.15) is 0 Å². The average molecular weight is 412 g/mol. The summed E-state index contributed by atoms with van der Waals surface area (Å²) in [5.41, 5.74) is 2.67. The van der Waals surface area contributed by atoms with Crippen molar-refractivity contribution in [3.63, 3.8) is 0 Å². The number of nitrogens with zero attached hydrogens (tertiary/aromatic N) is 1. The van der Waals surface area contributed by atoms with E-state index in [1.807, 2.05) is 0 Å². The number of fused-ring (bicyclic) bond motifs is 5. The number of hydrogen-bond acceptors (Lipinski definition) is 4. The zero-order valence-corrected chi connectivity index (χ0v) is 18.9. The fraction of sp³-hybridized carbons (Fsp3) is 0.769. The Hall–Kier alpha value is -1.58. The molecule has 1 aliphatic heterocycles. The van der Waals surface area contributed by atoms with Gasteiger partial charge in [0, 0.05) is 43.6 Å². The molecule has 0 aromatic carbocycles. The molecule has 0 N–H and O–H groups in total. The van der Waals surface area contributed by atoms with Gasteiger partial charge in [-0.1, -0.05) is 25.5 Å². The quantitative estimate of drug-likeness (QED) is 0.363. The Bertz CT molecular complexity index is 807. The largest absolute Gasteiger partial charge is 0.462 e. The zero-order chi connectivity index (χ0) is 21.1. The van der Waals surface area contributed by atoms with E-state index in [0.717, 1.165) is 63.6 Å². The van der Waals surface area contributed by atoms with Crippen molar-refractivity contribution in [2.45, 2.75) is 84.7 Å². The second-order valence-corrected chi connectivity index (χ2v) is 11.1. The van der Waals surface area contributed by atoms with E-state index < -0.39 is 0 Å². The molecule has 0 unspecified atom stereocenters.